The maximum absolute atomic E-state index is 12.6. The molecule has 2 amide bonds. The molecule has 0 unspecified atom stereocenters. The average Bonchev–Trinajstić information content (AvgIpc) is 3.06. The molecule has 0 atom stereocenters. The molecule has 136 valence electrons. The molecule has 0 saturated heterocycles. The fraction of sp³-hybridized carbons (Fsp3) is 0.368. The molecule has 0 spiro atoms. The van der Waals surface area contributed by atoms with Crippen LogP contribution in [0.15, 0.2) is 36.0 Å². The minimum Gasteiger partial charge on any atom is -0.351 e. The molecule has 0 aromatic carbocycles. The molecule has 2 heterocycles. The second-order valence-corrected chi connectivity index (χ2v) is 7.02. The first-order valence-corrected chi connectivity index (χ1v) is 9.57. The highest BCUT2D eigenvalue weighted by Gasteiger charge is 2.22. The first-order chi connectivity index (χ1) is 12.6. The lowest BCUT2D eigenvalue weighted by molar-refractivity contribution is -0.114. The zero-order chi connectivity index (χ0) is 18.4. The number of carbonyl (C=O) groups excluding carboxylic acids is 2. The molecule has 2 aromatic rings. The molecule has 2 aromatic heterocycles. The number of amides is 2. The monoisotopic (exact) mass is 370 g/mol. The van der Waals surface area contributed by atoms with Gasteiger partial charge in [0.1, 0.15) is 10.6 Å². The maximum Gasteiger partial charge on any atom is 0.265 e. The van der Waals surface area contributed by atoms with Crippen LogP contribution < -0.4 is 10.6 Å². The summed E-state index contributed by atoms with van der Waals surface area (Å²) in [6.07, 6.45) is 9.55. The number of aromatic nitrogens is 2. The fourth-order valence-electron chi connectivity index (χ4n) is 2.96. The Hall–Kier alpha value is -2.54. The van der Waals surface area contributed by atoms with Gasteiger partial charge in [0.25, 0.3) is 5.91 Å². The number of hydrogen-bond acceptors (Lipinski definition) is 5. The fourth-order valence-corrected chi connectivity index (χ4v) is 3.72. The second-order valence-electron chi connectivity index (χ2n) is 6.25. The van der Waals surface area contributed by atoms with Gasteiger partial charge >= 0.3 is 0 Å². The maximum atomic E-state index is 12.6. The van der Waals surface area contributed by atoms with Crippen LogP contribution in [0.25, 0.3) is 11.4 Å². The van der Waals surface area contributed by atoms with E-state index in [9.17, 15) is 9.59 Å². The van der Waals surface area contributed by atoms with Gasteiger partial charge in [-0.05, 0) is 55.8 Å². The summed E-state index contributed by atoms with van der Waals surface area (Å²) in [5.74, 6) is -0.464. The third-order valence-corrected chi connectivity index (χ3v) is 5.07. The van der Waals surface area contributed by atoms with Gasteiger partial charge in [0.15, 0.2) is 0 Å². The number of nitrogens with one attached hydrogen (secondary N) is 2. The van der Waals surface area contributed by atoms with Crippen LogP contribution in [0, 0.1) is 0 Å². The number of hydrogen-bond donors (Lipinski definition) is 2. The average molecular weight is 370 g/mol. The number of nitrogens with zero attached hydrogens (tertiary/aromatic N) is 2. The Morgan fingerprint density at radius 1 is 1.27 bits per heavy atom. The van der Waals surface area contributed by atoms with Crippen LogP contribution >= 0.6 is 11.5 Å². The van der Waals surface area contributed by atoms with Gasteiger partial charge < -0.3 is 10.6 Å². The van der Waals surface area contributed by atoms with Gasteiger partial charge in [-0.3, -0.25) is 14.6 Å². The van der Waals surface area contributed by atoms with Gasteiger partial charge in [-0.1, -0.05) is 17.7 Å². The Morgan fingerprint density at radius 2 is 2.15 bits per heavy atom. The molecule has 0 saturated carbocycles. The summed E-state index contributed by atoms with van der Waals surface area (Å²) < 4.78 is 4.35. The van der Waals surface area contributed by atoms with Crippen molar-refractivity contribution in [2.45, 2.75) is 39.0 Å². The van der Waals surface area contributed by atoms with Crippen molar-refractivity contribution in [3.05, 3.63) is 40.9 Å². The van der Waals surface area contributed by atoms with Crippen LogP contribution in [0.3, 0.4) is 0 Å². The Labute approximate surface area is 156 Å². The molecule has 6 nitrogen and oxygen atoms in total. The molecule has 1 aliphatic carbocycles. The van der Waals surface area contributed by atoms with Gasteiger partial charge in [-0.2, -0.15) is 4.37 Å². The molecule has 26 heavy (non-hydrogen) atoms. The molecule has 7 heteroatoms. The van der Waals surface area contributed by atoms with Gasteiger partial charge in [-0.15, -0.1) is 0 Å². The summed E-state index contributed by atoms with van der Waals surface area (Å²) in [5.41, 5.74) is 2.98. The van der Waals surface area contributed by atoms with Crippen molar-refractivity contribution in [1.29, 1.82) is 0 Å². The van der Waals surface area contributed by atoms with E-state index in [4.69, 9.17) is 0 Å². The Bertz CT molecular complexity index is 814. The molecule has 0 aliphatic heterocycles. The van der Waals surface area contributed by atoms with Crippen molar-refractivity contribution in [3.63, 3.8) is 0 Å². The Kier molecular flexibility index (Phi) is 6.12. The lowest BCUT2D eigenvalue weighted by Crippen LogP contribution is -2.25. The zero-order valence-electron chi connectivity index (χ0n) is 14.7. The number of rotatable bonds is 6. The highest BCUT2D eigenvalue weighted by atomic mass is 32.1. The van der Waals surface area contributed by atoms with Gasteiger partial charge in [0.05, 0.1) is 11.4 Å². The lowest BCUT2D eigenvalue weighted by atomic mass is 9.97. The number of pyridine rings is 1. The topological polar surface area (TPSA) is 84.0 Å². The van der Waals surface area contributed by atoms with E-state index in [0.717, 1.165) is 30.8 Å². The zero-order valence-corrected chi connectivity index (χ0v) is 15.6. The van der Waals surface area contributed by atoms with Crippen molar-refractivity contribution < 1.29 is 9.59 Å². The molecule has 2 N–H and O–H groups in total. The highest BCUT2D eigenvalue weighted by molar-refractivity contribution is 7.09. The molecular weight excluding hydrogens is 348 g/mol. The summed E-state index contributed by atoms with van der Waals surface area (Å²) in [6.45, 7) is 2.00. The summed E-state index contributed by atoms with van der Waals surface area (Å²) in [5, 5.41) is 5.68. The standard InChI is InChI=1S/C19H22N4O2S/c1-13(24)22-17-16(15-9-5-6-11-20-15)23-26-18(17)19(25)21-12-10-14-7-3-2-4-8-14/h5-7,9,11H,2-4,8,10,12H2,1H3,(H,21,25)(H,22,24). The minimum atomic E-state index is -0.246. The number of allylic oxidation sites excluding steroid dienone is 1. The van der Waals surface area contributed by atoms with Gasteiger partial charge in [0, 0.05) is 19.7 Å². The Morgan fingerprint density at radius 3 is 2.85 bits per heavy atom. The third kappa shape index (κ3) is 4.54. The van der Waals surface area contributed by atoms with E-state index in [1.165, 1.54) is 25.3 Å². The van der Waals surface area contributed by atoms with Crippen LogP contribution in [0.2, 0.25) is 0 Å². The third-order valence-electron chi connectivity index (χ3n) is 4.22. The van der Waals surface area contributed by atoms with Crippen molar-refractivity contribution in [2.24, 2.45) is 0 Å². The SMILES string of the molecule is CC(=O)Nc1c(-c2ccccn2)nsc1C(=O)NCCC1=CCCCC1. The van der Waals surface area contributed by atoms with Crippen molar-refractivity contribution >= 4 is 29.0 Å². The van der Waals surface area contributed by atoms with Crippen molar-refractivity contribution in [3.8, 4) is 11.4 Å². The number of carbonyl (C=O) groups is 2. The van der Waals surface area contributed by atoms with Crippen LogP contribution in [0.1, 0.15) is 48.7 Å². The van der Waals surface area contributed by atoms with Gasteiger partial charge in [-0.25, -0.2) is 0 Å². The quantitative estimate of drug-likeness (QED) is 0.758. The van der Waals surface area contributed by atoms with E-state index >= 15 is 0 Å². The lowest BCUT2D eigenvalue weighted by Gasteiger charge is -2.13. The smallest absolute Gasteiger partial charge is 0.265 e. The molecular formula is C19H22N4O2S. The number of anilines is 1. The minimum absolute atomic E-state index is 0.218. The normalized spacial score (nSPS) is 13.8. The van der Waals surface area contributed by atoms with Crippen molar-refractivity contribution in [2.75, 3.05) is 11.9 Å². The summed E-state index contributed by atoms with van der Waals surface area (Å²) in [7, 11) is 0. The second kappa shape index (κ2) is 8.71. The molecule has 0 radical (unpaired) electrons. The first kappa shape index (κ1) is 18.3. The van der Waals surface area contributed by atoms with Crippen LogP contribution in [-0.4, -0.2) is 27.7 Å². The Balaban J connectivity index is 1.73. The largest absolute Gasteiger partial charge is 0.351 e. The summed E-state index contributed by atoms with van der Waals surface area (Å²) >= 11 is 1.08. The first-order valence-electron chi connectivity index (χ1n) is 8.80. The molecule has 0 bridgehead atoms. The molecule has 0 fully saturated rings. The van der Waals surface area contributed by atoms with E-state index in [1.54, 1.807) is 12.3 Å². The van der Waals surface area contributed by atoms with E-state index in [0.29, 0.717) is 28.5 Å². The van der Waals surface area contributed by atoms with E-state index < -0.39 is 0 Å². The predicted molar refractivity (Wildman–Crippen MR) is 103 cm³/mol. The van der Waals surface area contributed by atoms with Crippen LogP contribution in [0.4, 0.5) is 5.69 Å². The van der Waals surface area contributed by atoms with E-state index in [-0.39, 0.29) is 11.8 Å². The van der Waals surface area contributed by atoms with Crippen molar-refractivity contribution in [1.82, 2.24) is 14.7 Å². The van der Waals surface area contributed by atoms with E-state index in [2.05, 4.69) is 26.1 Å². The molecule has 1 aliphatic rings. The summed E-state index contributed by atoms with van der Waals surface area (Å²) in [6, 6.07) is 5.45. The summed E-state index contributed by atoms with van der Waals surface area (Å²) in [4.78, 5) is 28.9. The van der Waals surface area contributed by atoms with Crippen LogP contribution in [0.5, 0.6) is 0 Å². The molecule has 3 rings (SSSR count). The highest BCUT2D eigenvalue weighted by Crippen LogP contribution is 2.32. The predicted octanol–water partition coefficient (Wildman–Crippen LogP) is 3.78. The van der Waals surface area contributed by atoms with E-state index in [1.807, 2.05) is 12.1 Å². The van der Waals surface area contributed by atoms with Crippen LogP contribution in [-0.2, 0) is 4.79 Å². The van der Waals surface area contributed by atoms with Gasteiger partial charge in [0.2, 0.25) is 5.91 Å².